The maximum Gasteiger partial charge on any atom is 0.306 e. The van der Waals surface area contributed by atoms with E-state index in [9.17, 15) is 19.8 Å². The SMILES string of the molecule is CC/C=C\C/C=C\C/C=C\C/C=C\C/C=C\CCCC(=O)OC(CCCCC/C=C/C=C/C=C/CCCCCCC)CC(=O)NC(CO)C(O)CCCCCCCCCCC. The number of hydrogen-bond donors (Lipinski definition) is 3. The van der Waals surface area contributed by atoms with Crippen LogP contribution in [0.15, 0.2) is 97.2 Å². The number of allylic oxidation sites excluding steroid dienone is 16. The van der Waals surface area contributed by atoms with Gasteiger partial charge in [0.15, 0.2) is 0 Å². The summed E-state index contributed by atoms with van der Waals surface area (Å²) < 4.78 is 5.88. The van der Waals surface area contributed by atoms with Gasteiger partial charge in [-0.1, -0.05) is 208 Å². The molecule has 0 rings (SSSR count). The number of aliphatic hydroxyl groups excluding tert-OH is 2. The molecule has 1 amide bonds. The van der Waals surface area contributed by atoms with E-state index in [2.05, 4.69) is 123 Å². The Labute approximate surface area is 376 Å². The second-order valence-electron chi connectivity index (χ2n) is 16.5. The van der Waals surface area contributed by atoms with Gasteiger partial charge in [-0.2, -0.15) is 0 Å². The maximum atomic E-state index is 13.2. The zero-order chi connectivity index (χ0) is 44.5. The van der Waals surface area contributed by atoms with Crippen LogP contribution in [0.25, 0.3) is 0 Å². The number of carbonyl (C=O) groups is 2. The Kier molecular flexibility index (Phi) is 45.3. The molecule has 0 aromatic rings. The topological polar surface area (TPSA) is 95.9 Å². The van der Waals surface area contributed by atoms with E-state index < -0.39 is 18.2 Å². The van der Waals surface area contributed by atoms with Crippen LogP contribution in [0.2, 0.25) is 0 Å². The second-order valence-corrected chi connectivity index (χ2v) is 16.5. The molecule has 6 nitrogen and oxygen atoms in total. The van der Waals surface area contributed by atoms with Crippen molar-refractivity contribution in [2.45, 2.75) is 232 Å². The quantitative estimate of drug-likeness (QED) is 0.0246. The van der Waals surface area contributed by atoms with Gasteiger partial charge in [0.05, 0.1) is 25.2 Å². The lowest BCUT2D eigenvalue weighted by molar-refractivity contribution is -0.151. The van der Waals surface area contributed by atoms with Crippen molar-refractivity contribution in [3.63, 3.8) is 0 Å². The van der Waals surface area contributed by atoms with E-state index in [-0.39, 0.29) is 24.9 Å². The van der Waals surface area contributed by atoms with Crippen molar-refractivity contribution in [1.82, 2.24) is 5.32 Å². The Morgan fingerprint density at radius 3 is 1.48 bits per heavy atom. The molecule has 0 aromatic carbocycles. The summed E-state index contributed by atoms with van der Waals surface area (Å²) in [5, 5.41) is 23.6. The number of aliphatic hydroxyl groups is 2. The molecule has 0 saturated heterocycles. The average Bonchev–Trinajstić information content (AvgIpc) is 3.25. The Morgan fingerprint density at radius 1 is 0.508 bits per heavy atom. The first kappa shape index (κ1) is 57.8. The lowest BCUT2D eigenvalue weighted by Gasteiger charge is -2.24. The van der Waals surface area contributed by atoms with Gasteiger partial charge in [0.1, 0.15) is 6.10 Å². The summed E-state index contributed by atoms with van der Waals surface area (Å²) in [7, 11) is 0. The van der Waals surface area contributed by atoms with Gasteiger partial charge in [-0.05, 0) is 89.9 Å². The molecule has 0 heterocycles. The molecule has 6 heteroatoms. The largest absolute Gasteiger partial charge is 0.462 e. The molecule has 0 aliphatic heterocycles. The van der Waals surface area contributed by atoms with Crippen molar-refractivity contribution in [2.24, 2.45) is 0 Å². The fourth-order valence-electron chi connectivity index (χ4n) is 6.94. The van der Waals surface area contributed by atoms with Crippen LogP contribution < -0.4 is 5.32 Å². The lowest BCUT2D eigenvalue weighted by atomic mass is 10.0. The highest BCUT2D eigenvalue weighted by Crippen LogP contribution is 2.16. The molecular formula is C55H93NO5. The Hall–Kier alpha value is -3.22. The van der Waals surface area contributed by atoms with Crippen LogP contribution in [0.1, 0.15) is 213 Å². The van der Waals surface area contributed by atoms with Crippen molar-refractivity contribution in [3.05, 3.63) is 97.2 Å². The number of unbranched alkanes of at least 4 members (excludes halogenated alkanes) is 17. The number of carbonyl (C=O) groups excluding carboxylic acids is 2. The molecule has 0 aromatic heterocycles. The summed E-state index contributed by atoms with van der Waals surface area (Å²) in [6.07, 6.45) is 63.3. The van der Waals surface area contributed by atoms with Gasteiger partial charge in [-0.15, -0.1) is 0 Å². The zero-order valence-electron chi connectivity index (χ0n) is 39.5. The van der Waals surface area contributed by atoms with Gasteiger partial charge in [0, 0.05) is 6.42 Å². The third-order valence-corrected chi connectivity index (χ3v) is 10.7. The Bertz CT molecular complexity index is 1220. The minimum absolute atomic E-state index is 0.0265. The summed E-state index contributed by atoms with van der Waals surface area (Å²) >= 11 is 0. The normalized spacial score (nSPS) is 14.1. The summed E-state index contributed by atoms with van der Waals surface area (Å²) in [5.74, 6) is -0.587. The molecule has 0 saturated carbocycles. The predicted molar refractivity (Wildman–Crippen MR) is 264 cm³/mol. The fourth-order valence-corrected chi connectivity index (χ4v) is 6.94. The highest BCUT2D eigenvalue weighted by Gasteiger charge is 2.24. The van der Waals surface area contributed by atoms with Crippen LogP contribution in [-0.2, 0) is 14.3 Å². The first-order valence-electron chi connectivity index (χ1n) is 25.0. The van der Waals surface area contributed by atoms with E-state index in [4.69, 9.17) is 4.74 Å². The number of hydrogen-bond acceptors (Lipinski definition) is 5. The Morgan fingerprint density at radius 2 is 0.951 bits per heavy atom. The first-order chi connectivity index (χ1) is 30.0. The molecule has 0 aliphatic rings. The number of ether oxygens (including phenoxy) is 1. The van der Waals surface area contributed by atoms with Crippen LogP contribution in [0.4, 0.5) is 0 Å². The molecule has 0 bridgehead atoms. The number of esters is 1. The molecule has 3 unspecified atom stereocenters. The van der Waals surface area contributed by atoms with Gasteiger partial charge in [0.2, 0.25) is 5.91 Å². The number of amides is 1. The van der Waals surface area contributed by atoms with E-state index in [0.717, 1.165) is 89.9 Å². The molecule has 3 N–H and O–H groups in total. The van der Waals surface area contributed by atoms with E-state index in [0.29, 0.717) is 25.7 Å². The molecule has 348 valence electrons. The van der Waals surface area contributed by atoms with Crippen LogP contribution in [0, 0.1) is 0 Å². The molecular weight excluding hydrogens is 755 g/mol. The number of nitrogens with one attached hydrogen (secondary N) is 1. The highest BCUT2D eigenvalue weighted by atomic mass is 16.5. The van der Waals surface area contributed by atoms with Gasteiger partial charge in [-0.3, -0.25) is 9.59 Å². The van der Waals surface area contributed by atoms with E-state index in [1.54, 1.807) is 0 Å². The molecule has 0 spiro atoms. The van der Waals surface area contributed by atoms with E-state index in [1.165, 1.54) is 70.6 Å². The first-order valence-corrected chi connectivity index (χ1v) is 25.0. The zero-order valence-corrected chi connectivity index (χ0v) is 39.5. The summed E-state index contributed by atoms with van der Waals surface area (Å²) in [4.78, 5) is 26.1. The summed E-state index contributed by atoms with van der Waals surface area (Å²) in [5.41, 5.74) is 0. The van der Waals surface area contributed by atoms with Crippen molar-refractivity contribution in [2.75, 3.05) is 6.61 Å². The predicted octanol–water partition coefficient (Wildman–Crippen LogP) is 14.9. The summed E-state index contributed by atoms with van der Waals surface area (Å²) in [6, 6.07) is -0.728. The van der Waals surface area contributed by atoms with Gasteiger partial charge in [-0.25, -0.2) is 0 Å². The Balaban J connectivity index is 4.78. The minimum atomic E-state index is -0.810. The summed E-state index contributed by atoms with van der Waals surface area (Å²) in [6.45, 7) is 6.30. The molecule has 0 fully saturated rings. The molecule has 3 atom stereocenters. The van der Waals surface area contributed by atoms with Crippen molar-refractivity contribution in [1.29, 1.82) is 0 Å². The van der Waals surface area contributed by atoms with Crippen molar-refractivity contribution < 1.29 is 24.5 Å². The van der Waals surface area contributed by atoms with E-state index >= 15 is 0 Å². The van der Waals surface area contributed by atoms with E-state index in [1.807, 2.05) is 0 Å². The van der Waals surface area contributed by atoms with Crippen LogP contribution in [0.5, 0.6) is 0 Å². The molecule has 61 heavy (non-hydrogen) atoms. The monoisotopic (exact) mass is 848 g/mol. The van der Waals surface area contributed by atoms with Crippen LogP contribution >= 0.6 is 0 Å². The highest BCUT2D eigenvalue weighted by molar-refractivity contribution is 5.77. The fraction of sp³-hybridized carbons (Fsp3) is 0.673. The van der Waals surface area contributed by atoms with Crippen molar-refractivity contribution >= 4 is 11.9 Å². The minimum Gasteiger partial charge on any atom is -0.462 e. The van der Waals surface area contributed by atoms with Gasteiger partial charge in [0.25, 0.3) is 0 Å². The third-order valence-electron chi connectivity index (χ3n) is 10.7. The second kappa shape index (κ2) is 47.8. The molecule has 0 radical (unpaired) electrons. The van der Waals surface area contributed by atoms with Crippen molar-refractivity contribution in [3.8, 4) is 0 Å². The third kappa shape index (κ3) is 43.2. The van der Waals surface area contributed by atoms with Gasteiger partial charge < -0.3 is 20.3 Å². The number of rotatable bonds is 43. The maximum absolute atomic E-state index is 13.2. The smallest absolute Gasteiger partial charge is 0.306 e. The van der Waals surface area contributed by atoms with Crippen LogP contribution in [0.3, 0.4) is 0 Å². The lowest BCUT2D eigenvalue weighted by Crippen LogP contribution is -2.46. The molecule has 0 aliphatic carbocycles. The standard InChI is InChI=1S/C55H93NO5/c1-4-7-10-13-16-19-21-23-25-27-29-31-33-36-39-42-45-48-55(60)61-51(46-43-40-37-35-32-30-28-26-24-22-20-17-14-11-8-5-2)49-54(59)56-52(50-57)53(58)47-44-41-38-34-18-15-12-9-6-3/h7,10,16,19,22-26,28-32,36,39,51-53,57-58H,4-6,8-9,11-15,17-18,20-21,27,33-35,37-38,40-50H2,1-3H3,(H,56,59)/b10-7-,19-16-,24-22+,25-23-,28-26+,31-29-,32-30+,39-36-. The van der Waals surface area contributed by atoms with Gasteiger partial charge >= 0.3 is 5.97 Å². The average molecular weight is 848 g/mol. The van der Waals surface area contributed by atoms with Crippen LogP contribution in [-0.4, -0.2) is 46.9 Å².